The molecule has 1 unspecified atom stereocenters. The molecule has 1 fully saturated rings. The lowest BCUT2D eigenvalue weighted by Crippen LogP contribution is -2.43. The van der Waals surface area contributed by atoms with Crippen LogP contribution in [0.3, 0.4) is 0 Å². The Bertz CT molecular complexity index is 673. The standard InChI is InChI=1S/C18H22N2O4/c1-11-6-7-12-4-2-3-5-15(12)20(11)16(21)8-9-19-17(22)13-10-14(13)18(23)24/h2-5,11,13-14H,6-10H2,1H3,(H,19,22)(H,23,24)/t11?,13-,14+/m1/s1. The Morgan fingerprint density at radius 3 is 2.71 bits per heavy atom. The molecule has 1 aliphatic carbocycles. The van der Waals surface area contributed by atoms with Gasteiger partial charge in [-0.25, -0.2) is 0 Å². The highest BCUT2D eigenvalue weighted by atomic mass is 16.4. The Hall–Kier alpha value is -2.37. The number of para-hydroxylation sites is 1. The minimum atomic E-state index is -0.926. The van der Waals surface area contributed by atoms with Gasteiger partial charge in [-0.3, -0.25) is 14.4 Å². The molecule has 0 bridgehead atoms. The van der Waals surface area contributed by atoms with Gasteiger partial charge >= 0.3 is 5.97 Å². The van der Waals surface area contributed by atoms with Crippen LogP contribution in [0.25, 0.3) is 0 Å². The van der Waals surface area contributed by atoms with Gasteiger partial charge in [-0.05, 0) is 37.8 Å². The van der Waals surface area contributed by atoms with Gasteiger partial charge in [0.15, 0.2) is 0 Å². The fourth-order valence-electron chi connectivity index (χ4n) is 3.37. The molecule has 1 aliphatic heterocycles. The van der Waals surface area contributed by atoms with E-state index in [9.17, 15) is 14.4 Å². The van der Waals surface area contributed by atoms with Crippen molar-refractivity contribution in [3.8, 4) is 0 Å². The van der Waals surface area contributed by atoms with E-state index in [1.165, 1.54) is 5.56 Å². The normalized spacial score (nSPS) is 24.9. The number of carbonyl (C=O) groups excluding carboxylic acids is 2. The number of benzene rings is 1. The molecule has 3 rings (SSSR count). The number of aliphatic carboxylic acids is 1. The third-order valence-electron chi connectivity index (χ3n) is 4.87. The first-order chi connectivity index (χ1) is 11.5. The van der Waals surface area contributed by atoms with Crippen LogP contribution in [0.4, 0.5) is 5.69 Å². The summed E-state index contributed by atoms with van der Waals surface area (Å²) in [4.78, 5) is 37.0. The van der Waals surface area contributed by atoms with E-state index in [0.717, 1.165) is 18.5 Å². The quantitative estimate of drug-likeness (QED) is 0.858. The third kappa shape index (κ3) is 3.27. The number of hydrogen-bond acceptors (Lipinski definition) is 3. The van der Waals surface area contributed by atoms with Gasteiger partial charge in [0.25, 0.3) is 0 Å². The topological polar surface area (TPSA) is 86.7 Å². The molecule has 0 aromatic heterocycles. The molecule has 2 aliphatic rings. The van der Waals surface area contributed by atoms with Crippen molar-refractivity contribution in [1.29, 1.82) is 0 Å². The molecule has 0 spiro atoms. The van der Waals surface area contributed by atoms with Crippen molar-refractivity contribution in [1.82, 2.24) is 5.32 Å². The predicted molar refractivity (Wildman–Crippen MR) is 88.6 cm³/mol. The summed E-state index contributed by atoms with van der Waals surface area (Å²) in [6.07, 6.45) is 2.51. The Morgan fingerprint density at radius 2 is 2.00 bits per heavy atom. The van der Waals surface area contributed by atoms with Gasteiger partial charge in [-0.1, -0.05) is 18.2 Å². The van der Waals surface area contributed by atoms with Crippen LogP contribution in [0.1, 0.15) is 31.7 Å². The van der Waals surface area contributed by atoms with Gasteiger partial charge in [0.05, 0.1) is 11.8 Å². The first-order valence-electron chi connectivity index (χ1n) is 8.39. The molecular formula is C18H22N2O4. The molecule has 1 heterocycles. The SMILES string of the molecule is CC1CCc2ccccc2N1C(=O)CCNC(=O)[C@@H]1C[C@@H]1C(=O)O. The molecule has 3 atom stereocenters. The average molecular weight is 330 g/mol. The summed E-state index contributed by atoms with van der Waals surface area (Å²) in [7, 11) is 0. The van der Waals surface area contributed by atoms with E-state index in [0.29, 0.717) is 6.42 Å². The van der Waals surface area contributed by atoms with E-state index in [1.54, 1.807) is 0 Å². The maximum Gasteiger partial charge on any atom is 0.307 e. The highest BCUT2D eigenvalue weighted by molar-refractivity contribution is 5.96. The number of carbonyl (C=O) groups is 3. The van der Waals surface area contributed by atoms with Crippen LogP contribution < -0.4 is 10.2 Å². The van der Waals surface area contributed by atoms with Gasteiger partial charge < -0.3 is 15.3 Å². The van der Waals surface area contributed by atoms with E-state index in [-0.39, 0.29) is 30.8 Å². The van der Waals surface area contributed by atoms with Crippen LogP contribution in [0, 0.1) is 11.8 Å². The molecular weight excluding hydrogens is 308 g/mol. The van der Waals surface area contributed by atoms with Gasteiger partial charge in [-0.2, -0.15) is 0 Å². The number of rotatable bonds is 5. The zero-order valence-electron chi connectivity index (χ0n) is 13.7. The minimum Gasteiger partial charge on any atom is -0.481 e. The van der Waals surface area contributed by atoms with E-state index >= 15 is 0 Å². The number of carboxylic acid groups (broad SMARTS) is 1. The van der Waals surface area contributed by atoms with Crippen molar-refractivity contribution in [3.63, 3.8) is 0 Å². The Labute approximate surface area is 140 Å². The van der Waals surface area contributed by atoms with Gasteiger partial charge in [0.1, 0.15) is 0 Å². The van der Waals surface area contributed by atoms with Gasteiger partial charge in [-0.15, -0.1) is 0 Å². The number of anilines is 1. The van der Waals surface area contributed by atoms with Crippen molar-refractivity contribution >= 4 is 23.5 Å². The fraction of sp³-hybridized carbons (Fsp3) is 0.500. The minimum absolute atomic E-state index is 0.0134. The lowest BCUT2D eigenvalue weighted by Gasteiger charge is -2.35. The van der Waals surface area contributed by atoms with Crippen LogP contribution in [-0.4, -0.2) is 35.5 Å². The zero-order valence-corrected chi connectivity index (χ0v) is 13.7. The number of aryl methyl sites for hydroxylation is 1. The van der Waals surface area contributed by atoms with Gasteiger partial charge in [0, 0.05) is 24.7 Å². The maximum absolute atomic E-state index is 12.6. The second kappa shape index (κ2) is 6.63. The van der Waals surface area contributed by atoms with Crippen molar-refractivity contribution in [2.75, 3.05) is 11.4 Å². The third-order valence-corrected chi connectivity index (χ3v) is 4.87. The van der Waals surface area contributed by atoms with E-state index in [2.05, 4.69) is 5.32 Å². The fourth-order valence-corrected chi connectivity index (χ4v) is 3.37. The Balaban J connectivity index is 1.54. The number of hydrogen-bond donors (Lipinski definition) is 2. The number of nitrogens with zero attached hydrogens (tertiary/aromatic N) is 1. The summed E-state index contributed by atoms with van der Waals surface area (Å²) in [5.74, 6) is -2.20. The maximum atomic E-state index is 12.6. The van der Waals surface area contributed by atoms with Crippen molar-refractivity contribution in [2.45, 2.75) is 38.6 Å². The lowest BCUT2D eigenvalue weighted by molar-refractivity contribution is -0.140. The van der Waals surface area contributed by atoms with Crippen LogP contribution in [-0.2, 0) is 20.8 Å². The van der Waals surface area contributed by atoms with Crippen molar-refractivity contribution in [3.05, 3.63) is 29.8 Å². The molecule has 1 saturated carbocycles. The van der Waals surface area contributed by atoms with E-state index in [4.69, 9.17) is 5.11 Å². The highest BCUT2D eigenvalue weighted by Crippen LogP contribution is 2.38. The molecule has 0 saturated heterocycles. The second-order valence-electron chi connectivity index (χ2n) is 6.61. The summed E-state index contributed by atoms with van der Waals surface area (Å²) >= 11 is 0. The highest BCUT2D eigenvalue weighted by Gasteiger charge is 2.48. The van der Waals surface area contributed by atoms with Crippen molar-refractivity contribution < 1.29 is 19.5 Å². The molecule has 24 heavy (non-hydrogen) atoms. The Kier molecular flexibility index (Phi) is 4.55. The average Bonchev–Trinajstić information content (AvgIpc) is 3.35. The van der Waals surface area contributed by atoms with Crippen LogP contribution in [0.2, 0.25) is 0 Å². The summed E-state index contributed by atoms with van der Waals surface area (Å²) in [6.45, 7) is 2.28. The van der Waals surface area contributed by atoms with Crippen LogP contribution in [0.5, 0.6) is 0 Å². The Morgan fingerprint density at radius 1 is 1.25 bits per heavy atom. The largest absolute Gasteiger partial charge is 0.481 e. The molecule has 2 amide bonds. The molecule has 2 N–H and O–H groups in total. The molecule has 6 heteroatoms. The molecule has 0 radical (unpaired) electrons. The smallest absolute Gasteiger partial charge is 0.307 e. The monoisotopic (exact) mass is 330 g/mol. The summed E-state index contributed by atoms with van der Waals surface area (Å²) < 4.78 is 0. The number of carboxylic acids is 1. The number of nitrogens with one attached hydrogen (secondary N) is 1. The van der Waals surface area contributed by atoms with E-state index in [1.807, 2.05) is 36.1 Å². The molecule has 1 aromatic carbocycles. The second-order valence-corrected chi connectivity index (χ2v) is 6.61. The van der Waals surface area contributed by atoms with Crippen LogP contribution in [0.15, 0.2) is 24.3 Å². The molecule has 6 nitrogen and oxygen atoms in total. The number of amides is 2. The summed E-state index contributed by atoms with van der Waals surface area (Å²) in [5.41, 5.74) is 2.14. The van der Waals surface area contributed by atoms with E-state index < -0.39 is 17.8 Å². The van der Waals surface area contributed by atoms with Crippen molar-refractivity contribution in [2.24, 2.45) is 11.8 Å². The zero-order chi connectivity index (χ0) is 17.3. The van der Waals surface area contributed by atoms with Crippen LogP contribution >= 0.6 is 0 Å². The molecule has 128 valence electrons. The van der Waals surface area contributed by atoms with Gasteiger partial charge in [0.2, 0.25) is 11.8 Å². The first-order valence-corrected chi connectivity index (χ1v) is 8.39. The molecule has 1 aromatic rings. The summed E-state index contributed by atoms with van der Waals surface area (Å²) in [5, 5.41) is 11.5. The predicted octanol–water partition coefficient (Wildman–Crippen LogP) is 1.58. The lowest BCUT2D eigenvalue weighted by atomic mass is 9.96. The summed E-state index contributed by atoms with van der Waals surface area (Å²) in [6, 6.07) is 8.05. The first kappa shape index (κ1) is 16.5. The number of fused-ring (bicyclic) bond motifs is 1.